The van der Waals surface area contributed by atoms with Crippen LogP contribution < -0.4 is 0 Å². The molecule has 0 aromatic rings. The molecule has 2 rings (SSSR count). The van der Waals surface area contributed by atoms with Crippen LogP contribution in [-0.4, -0.2) is 5.38 Å². The van der Waals surface area contributed by atoms with Gasteiger partial charge in [-0.25, -0.2) is 0 Å². The molecule has 46 valence electrons. The zero-order valence-corrected chi connectivity index (χ0v) is 5.69. The largest absolute Gasteiger partial charge is 0.123 e. The van der Waals surface area contributed by atoms with Gasteiger partial charge in [0.25, 0.3) is 0 Å². The van der Waals surface area contributed by atoms with E-state index < -0.39 is 0 Å². The lowest BCUT2D eigenvalue weighted by Gasteiger charge is -2.13. The van der Waals surface area contributed by atoms with E-state index in [0.717, 1.165) is 11.8 Å². The Morgan fingerprint density at radius 1 is 1.25 bits per heavy atom. The van der Waals surface area contributed by atoms with Gasteiger partial charge in [0.05, 0.1) is 0 Å². The standard InChI is InChI=1S/C7H11Cl/c8-7-3-1-2-5-4-6(5)7/h5-7H,1-4H2/t5-,6+,7+/m0/s1. The van der Waals surface area contributed by atoms with Crippen molar-refractivity contribution in [3.63, 3.8) is 0 Å². The first kappa shape index (κ1) is 5.10. The van der Waals surface area contributed by atoms with Crippen LogP contribution in [0.2, 0.25) is 0 Å². The van der Waals surface area contributed by atoms with Crippen LogP contribution in [0.3, 0.4) is 0 Å². The predicted octanol–water partition coefficient (Wildman–Crippen LogP) is 2.41. The molecule has 0 N–H and O–H groups in total. The second kappa shape index (κ2) is 1.63. The fourth-order valence-corrected chi connectivity index (χ4v) is 2.30. The van der Waals surface area contributed by atoms with Crippen LogP contribution >= 0.6 is 11.6 Å². The van der Waals surface area contributed by atoms with E-state index in [2.05, 4.69) is 0 Å². The van der Waals surface area contributed by atoms with E-state index in [0.29, 0.717) is 5.38 Å². The van der Waals surface area contributed by atoms with Crippen molar-refractivity contribution in [2.75, 3.05) is 0 Å². The highest BCUT2D eigenvalue weighted by Gasteiger charge is 2.44. The number of hydrogen-bond donors (Lipinski definition) is 0. The highest BCUT2D eigenvalue weighted by molar-refractivity contribution is 6.21. The topological polar surface area (TPSA) is 0 Å². The molecule has 2 fully saturated rings. The van der Waals surface area contributed by atoms with Crippen molar-refractivity contribution in [2.45, 2.75) is 31.1 Å². The van der Waals surface area contributed by atoms with Crippen molar-refractivity contribution in [1.82, 2.24) is 0 Å². The second-order valence-electron chi connectivity index (χ2n) is 3.11. The van der Waals surface area contributed by atoms with Gasteiger partial charge in [0, 0.05) is 5.38 Å². The summed E-state index contributed by atoms with van der Waals surface area (Å²) in [5, 5.41) is 0.550. The summed E-state index contributed by atoms with van der Waals surface area (Å²) in [5.74, 6) is 1.98. The summed E-state index contributed by atoms with van der Waals surface area (Å²) in [6, 6.07) is 0. The average molecular weight is 131 g/mol. The molecule has 0 unspecified atom stereocenters. The maximum Gasteiger partial charge on any atom is 0.0367 e. The van der Waals surface area contributed by atoms with Crippen molar-refractivity contribution < 1.29 is 0 Å². The van der Waals surface area contributed by atoms with Gasteiger partial charge in [-0.3, -0.25) is 0 Å². The van der Waals surface area contributed by atoms with Crippen molar-refractivity contribution in [2.24, 2.45) is 11.8 Å². The summed E-state index contributed by atoms with van der Waals surface area (Å²) in [6.07, 6.45) is 5.57. The second-order valence-corrected chi connectivity index (χ2v) is 3.67. The maximum absolute atomic E-state index is 6.01. The number of fused-ring (bicyclic) bond motifs is 1. The Kier molecular flexibility index (Phi) is 1.04. The summed E-state index contributed by atoms with van der Waals surface area (Å²) in [7, 11) is 0. The molecule has 1 heteroatoms. The Labute approximate surface area is 55.2 Å². The molecule has 0 saturated heterocycles. The number of alkyl halides is 1. The van der Waals surface area contributed by atoms with E-state index in [1.807, 2.05) is 0 Å². The third kappa shape index (κ3) is 0.663. The van der Waals surface area contributed by atoms with Crippen molar-refractivity contribution in [3.05, 3.63) is 0 Å². The van der Waals surface area contributed by atoms with Gasteiger partial charge in [-0.05, 0) is 24.7 Å². The molecule has 0 aromatic carbocycles. The molecule has 3 atom stereocenters. The minimum atomic E-state index is 0.550. The van der Waals surface area contributed by atoms with Crippen molar-refractivity contribution >= 4 is 11.6 Å². The average Bonchev–Trinajstić information content (AvgIpc) is 2.45. The molecule has 0 radical (unpaired) electrons. The lowest BCUT2D eigenvalue weighted by Crippen LogP contribution is -2.07. The zero-order chi connectivity index (χ0) is 5.56. The summed E-state index contributed by atoms with van der Waals surface area (Å²) >= 11 is 6.01. The predicted molar refractivity (Wildman–Crippen MR) is 35.1 cm³/mol. The molecule has 0 nitrogen and oxygen atoms in total. The third-order valence-electron chi connectivity index (χ3n) is 2.50. The fraction of sp³-hybridized carbons (Fsp3) is 1.00. The van der Waals surface area contributed by atoms with Gasteiger partial charge in [0.15, 0.2) is 0 Å². The highest BCUT2D eigenvalue weighted by Crippen LogP contribution is 2.51. The first-order valence-corrected chi connectivity index (χ1v) is 3.95. The summed E-state index contributed by atoms with van der Waals surface area (Å²) in [5.41, 5.74) is 0. The Morgan fingerprint density at radius 3 is 2.75 bits per heavy atom. The normalized spacial score (nSPS) is 52.9. The van der Waals surface area contributed by atoms with Crippen LogP contribution in [0.15, 0.2) is 0 Å². The molecule has 2 saturated carbocycles. The molecule has 2 aliphatic rings. The monoisotopic (exact) mass is 130 g/mol. The molecule has 0 bridgehead atoms. The summed E-state index contributed by atoms with van der Waals surface area (Å²) in [6.45, 7) is 0. The lowest BCUT2D eigenvalue weighted by molar-refractivity contribution is 0.486. The molecule has 2 aliphatic carbocycles. The Morgan fingerprint density at radius 2 is 2.12 bits per heavy atom. The van der Waals surface area contributed by atoms with Gasteiger partial charge in [0.1, 0.15) is 0 Å². The molecule has 0 spiro atoms. The quantitative estimate of drug-likeness (QED) is 0.442. The molecular formula is C7H11Cl. The number of rotatable bonds is 0. The van der Waals surface area contributed by atoms with E-state index in [4.69, 9.17) is 11.6 Å². The number of halogens is 1. The Balaban J connectivity index is 1.99. The molecule has 0 aromatic heterocycles. The van der Waals surface area contributed by atoms with Crippen molar-refractivity contribution in [3.8, 4) is 0 Å². The third-order valence-corrected chi connectivity index (χ3v) is 3.04. The summed E-state index contributed by atoms with van der Waals surface area (Å²) < 4.78 is 0. The first-order valence-electron chi connectivity index (χ1n) is 3.52. The van der Waals surface area contributed by atoms with Crippen LogP contribution in [0.4, 0.5) is 0 Å². The molecule has 0 heterocycles. The van der Waals surface area contributed by atoms with Gasteiger partial charge in [-0.2, -0.15) is 0 Å². The number of hydrogen-bond acceptors (Lipinski definition) is 0. The van der Waals surface area contributed by atoms with Crippen LogP contribution in [0.25, 0.3) is 0 Å². The highest BCUT2D eigenvalue weighted by atomic mass is 35.5. The minimum absolute atomic E-state index is 0.550. The van der Waals surface area contributed by atoms with Gasteiger partial charge in [-0.1, -0.05) is 12.8 Å². The van der Waals surface area contributed by atoms with Crippen LogP contribution in [0.5, 0.6) is 0 Å². The maximum atomic E-state index is 6.01. The van der Waals surface area contributed by atoms with Crippen LogP contribution in [0.1, 0.15) is 25.7 Å². The zero-order valence-electron chi connectivity index (χ0n) is 4.94. The minimum Gasteiger partial charge on any atom is -0.123 e. The van der Waals surface area contributed by atoms with E-state index in [-0.39, 0.29) is 0 Å². The molecule has 0 amide bonds. The van der Waals surface area contributed by atoms with E-state index >= 15 is 0 Å². The SMILES string of the molecule is Cl[C@@H]1CCC[C@H]2C[C@H]21. The lowest BCUT2D eigenvalue weighted by atomic mass is 10.0. The smallest absolute Gasteiger partial charge is 0.0367 e. The van der Waals surface area contributed by atoms with Gasteiger partial charge >= 0.3 is 0 Å². The molecular weight excluding hydrogens is 120 g/mol. The van der Waals surface area contributed by atoms with Crippen LogP contribution in [0, 0.1) is 11.8 Å². The van der Waals surface area contributed by atoms with Gasteiger partial charge in [0.2, 0.25) is 0 Å². The van der Waals surface area contributed by atoms with Crippen LogP contribution in [-0.2, 0) is 0 Å². The van der Waals surface area contributed by atoms with E-state index in [1.54, 1.807) is 0 Å². The van der Waals surface area contributed by atoms with Gasteiger partial charge in [-0.15, -0.1) is 11.6 Å². The molecule has 8 heavy (non-hydrogen) atoms. The Hall–Kier alpha value is 0.290. The molecule has 0 aliphatic heterocycles. The van der Waals surface area contributed by atoms with Crippen molar-refractivity contribution in [1.29, 1.82) is 0 Å². The first-order chi connectivity index (χ1) is 3.88. The fourth-order valence-electron chi connectivity index (χ4n) is 1.84. The summed E-state index contributed by atoms with van der Waals surface area (Å²) in [4.78, 5) is 0. The van der Waals surface area contributed by atoms with Gasteiger partial charge < -0.3 is 0 Å². The van der Waals surface area contributed by atoms with E-state index in [1.165, 1.54) is 25.7 Å². The Bertz CT molecular complexity index is 101. The van der Waals surface area contributed by atoms with E-state index in [9.17, 15) is 0 Å².